The lowest BCUT2D eigenvalue weighted by molar-refractivity contribution is 0.487. The highest BCUT2D eigenvalue weighted by molar-refractivity contribution is 5.61. The minimum Gasteiger partial charge on any atom is -0.312 e. The van der Waals surface area contributed by atoms with E-state index in [0.29, 0.717) is 6.04 Å². The van der Waals surface area contributed by atoms with E-state index >= 15 is 0 Å². The molecule has 0 aliphatic rings. The zero-order valence-electron chi connectivity index (χ0n) is 11.1. The first-order valence-electron chi connectivity index (χ1n) is 6.61. The number of hydrogen-bond donors (Lipinski definition) is 1. The molecule has 1 aromatic heterocycles. The van der Waals surface area contributed by atoms with Gasteiger partial charge >= 0.3 is 0 Å². The fourth-order valence-electron chi connectivity index (χ4n) is 1.84. The molecule has 96 valence electrons. The summed E-state index contributed by atoms with van der Waals surface area (Å²) < 4.78 is 2.00. The highest BCUT2D eigenvalue weighted by Crippen LogP contribution is 2.17. The topological polar surface area (TPSA) is 29.9 Å². The van der Waals surface area contributed by atoms with Crippen LogP contribution < -0.4 is 5.32 Å². The molecule has 0 amide bonds. The van der Waals surface area contributed by atoms with E-state index in [2.05, 4.69) is 54.7 Å². The van der Waals surface area contributed by atoms with Gasteiger partial charge in [-0.3, -0.25) is 4.68 Å². The van der Waals surface area contributed by atoms with Crippen molar-refractivity contribution in [3.05, 3.63) is 42.7 Å². The zero-order valence-corrected chi connectivity index (χ0v) is 11.1. The first-order chi connectivity index (χ1) is 8.79. The quantitative estimate of drug-likeness (QED) is 0.845. The molecule has 0 spiro atoms. The van der Waals surface area contributed by atoms with Gasteiger partial charge in [-0.2, -0.15) is 5.10 Å². The summed E-state index contributed by atoms with van der Waals surface area (Å²) in [5.41, 5.74) is 2.40. The van der Waals surface area contributed by atoms with Crippen LogP contribution in [0.2, 0.25) is 0 Å². The average molecular weight is 243 g/mol. The Morgan fingerprint density at radius 2 is 2.00 bits per heavy atom. The molecule has 0 bridgehead atoms. The second-order valence-corrected chi connectivity index (χ2v) is 4.62. The summed E-state index contributed by atoms with van der Waals surface area (Å²) in [5, 5.41) is 7.86. The smallest absolute Gasteiger partial charge is 0.0568 e. The van der Waals surface area contributed by atoms with Crippen molar-refractivity contribution in [2.75, 3.05) is 6.54 Å². The Bertz CT molecular complexity index is 462. The SMILES string of the molecule is CCC(C)NCCn1cc(-c2ccccc2)cn1. The van der Waals surface area contributed by atoms with Gasteiger partial charge in [-0.15, -0.1) is 0 Å². The van der Waals surface area contributed by atoms with E-state index in [1.165, 1.54) is 11.1 Å². The lowest BCUT2D eigenvalue weighted by Gasteiger charge is -2.10. The monoisotopic (exact) mass is 243 g/mol. The van der Waals surface area contributed by atoms with Gasteiger partial charge in [-0.05, 0) is 18.9 Å². The highest BCUT2D eigenvalue weighted by atomic mass is 15.3. The Morgan fingerprint density at radius 3 is 2.72 bits per heavy atom. The molecule has 0 saturated heterocycles. The summed E-state index contributed by atoms with van der Waals surface area (Å²) >= 11 is 0. The molecular weight excluding hydrogens is 222 g/mol. The minimum atomic E-state index is 0.578. The number of aromatic nitrogens is 2. The molecule has 0 fully saturated rings. The largest absolute Gasteiger partial charge is 0.312 e. The van der Waals surface area contributed by atoms with Crippen LogP contribution in [0.3, 0.4) is 0 Å². The van der Waals surface area contributed by atoms with Crippen LogP contribution in [-0.4, -0.2) is 22.4 Å². The van der Waals surface area contributed by atoms with Gasteiger partial charge in [-0.1, -0.05) is 37.3 Å². The van der Waals surface area contributed by atoms with Crippen LogP contribution in [0, 0.1) is 0 Å². The molecule has 0 saturated carbocycles. The predicted molar refractivity (Wildman–Crippen MR) is 75.4 cm³/mol. The first-order valence-corrected chi connectivity index (χ1v) is 6.61. The van der Waals surface area contributed by atoms with Crippen LogP contribution in [0.25, 0.3) is 11.1 Å². The molecule has 18 heavy (non-hydrogen) atoms. The van der Waals surface area contributed by atoms with E-state index in [4.69, 9.17) is 0 Å². The number of nitrogens with zero attached hydrogens (tertiary/aromatic N) is 2. The van der Waals surface area contributed by atoms with Crippen LogP contribution in [0.15, 0.2) is 42.7 Å². The minimum absolute atomic E-state index is 0.578. The van der Waals surface area contributed by atoms with Crippen LogP contribution in [-0.2, 0) is 6.54 Å². The van der Waals surface area contributed by atoms with E-state index in [9.17, 15) is 0 Å². The first kappa shape index (κ1) is 12.8. The van der Waals surface area contributed by atoms with Crippen LogP contribution >= 0.6 is 0 Å². The van der Waals surface area contributed by atoms with Crippen LogP contribution in [0.5, 0.6) is 0 Å². The molecule has 0 aliphatic carbocycles. The Balaban J connectivity index is 1.91. The number of rotatable bonds is 6. The van der Waals surface area contributed by atoms with Crippen molar-refractivity contribution in [1.82, 2.24) is 15.1 Å². The lowest BCUT2D eigenvalue weighted by atomic mass is 10.1. The number of benzene rings is 1. The van der Waals surface area contributed by atoms with Crippen molar-refractivity contribution < 1.29 is 0 Å². The summed E-state index contributed by atoms with van der Waals surface area (Å²) in [5.74, 6) is 0. The van der Waals surface area contributed by atoms with E-state index in [1.807, 2.05) is 16.9 Å². The molecule has 0 aliphatic heterocycles. The van der Waals surface area contributed by atoms with Crippen LogP contribution in [0.1, 0.15) is 20.3 Å². The summed E-state index contributed by atoms with van der Waals surface area (Å²) in [6, 6.07) is 10.9. The van der Waals surface area contributed by atoms with Gasteiger partial charge in [0.15, 0.2) is 0 Å². The third-order valence-electron chi connectivity index (χ3n) is 3.19. The molecule has 0 radical (unpaired) electrons. The molecule has 2 rings (SSSR count). The standard InChI is InChI=1S/C15H21N3/c1-3-13(2)16-9-10-18-12-15(11-17-18)14-7-5-4-6-8-14/h4-8,11-13,16H,3,9-10H2,1-2H3. The maximum absolute atomic E-state index is 4.39. The molecular formula is C15H21N3. The van der Waals surface area contributed by atoms with E-state index in [1.54, 1.807) is 0 Å². The Kier molecular flexibility index (Phi) is 4.53. The van der Waals surface area contributed by atoms with Gasteiger partial charge < -0.3 is 5.32 Å². The zero-order chi connectivity index (χ0) is 12.8. The molecule has 1 aromatic carbocycles. The molecule has 1 atom stereocenters. The second kappa shape index (κ2) is 6.36. The van der Waals surface area contributed by atoms with E-state index < -0.39 is 0 Å². The Hall–Kier alpha value is -1.61. The summed E-state index contributed by atoms with van der Waals surface area (Å²) in [6.45, 7) is 6.28. The fourth-order valence-corrected chi connectivity index (χ4v) is 1.84. The molecule has 1 heterocycles. The molecule has 2 aromatic rings. The highest BCUT2D eigenvalue weighted by Gasteiger charge is 2.01. The maximum atomic E-state index is 4.39. The second-order valence-electron chi connectivity index (χ2n) is 4.62. The lowest BCUT2D eigenvalue weighted by Crippen LogP contribution is -2.28. The Labute approximate surface area is 109 Å². The van der Waals surface area contributed by atoms with E-state index in [0.717, 1.165) is 19.5 Å². The van der Waals surface area contributed by atoms with Gasteiger partial charge in [0.05, 0.1) is 12.7 Å². The average Bonchev–Trinajstić information content (AvgIpc) is 2.88. The van der Waals surface area contributed by atoms with Gasteiger partial charge in [0.1, 0.15) is 0 Å². The molecule has 1 unspecified atom stereocenters. The number of hydrogen-bond acceptors (Lipinski definition) is 2. The Morgan fingerprint density at radius 1 is 1.22 bits per heavy atom. The van der Waals surface area contributed by atoms with Crippen LogP contribution in [0.4, 0.5) is 0 Å². The van der Waals surface area contributed by atoms with Crippen molar-refractivity contribution in [2.24, 2.45) is 0 Å². The van der Waals surface area contributed by atoms with Gasteiger partial charge in [-0.25, -0.2) is 0 Å². The van der Waals surface area contributed by atoms with Crippen molar-refractivity contribution in [1.29, 1.82) is 0 Å². The summed E-state index contributed by atoms with van der Waals surface area (Å²) in [7, 11) is 0. The molecule has 3 heteroatoms. The molecule has 3 nitrogen and oxygen atoms in total. The van der Waals surface area contributed by atoms with Crippen molar-refractivity contribution in [3.8, 4) is 11.1 Å². The van der Waals surface area contributed by atoms with Crippen molar-refractivity contribution in [3.63, 3.8) is 0 Å². The third-order valence-corrected chi connectivity index (χ3v) is 3.19. The summed E-state index contributed by atoms with van der Waals surface area (Å²) in [4.78, 5) is 0. The number of nitrogens with one attached hydrogen (secondary N) is 1. The fraction of sp³-hybridized carbons (Fsp3) is 0.400. The normalized spacial score (nSPS) is 12.6. The predicted octanol–water partition coefficient (Wildman–Crippen LogP) is 2.94. The van der Waals surface area contributed by atoms with Gasteiger partial charge in [0.2, 0.25) is 0 Å². The summed E-state index contributed by atoms with van der Waals surface area (Å²) in [6.07, 6.45) is 5.20. The maximum Gasteiger partial charge on any atom is 0.0568 e. The molecule has 1 N–H and O–H groups in total. The van der Waals surface area contributed by atoms with Gasteiger partial charge in [0, 0.05) is 24.3 Å². The van der Waals surface area contributed by atoms with Crippen molar-refractivity contribution >= 4 is 0 Å². The van der Waals surface area contributed by atoms with Gasteiger partial charge in [0.25, 0.3) is 0 Å². The van der Waals surface area contributed by atoms with E-state index in [-0.39, 0.29) is 0 Å². The van der Waals surface area contributed by atoms with Crippen molar-refractivity contribution in [2.45, 2.75) is 32.9 Å². The third kappa shape index (κ3) is 3.44.